The second kappa shape index (κ2) is 7.31. The number of amides is 1. The van der Waals surface area contributed by atoms with E-state index in [-0.39, 0.29) is 16.8 Å². The van der Waals surface area contributed by atoms with Crippen molar-refractivity contribution in [1.29, 1.82) is 0 Å². The summed E-state index contributed by atoms with van der Waals surface area (Å²) in [6, 6.07) is 10.1. The van der Waals surface area contributed by atoms with Crippen molar-refractivity contribution < 1.29 is 13.2 Å². The van der Waals surface area contributed by atoms with Crippen LogP contribution in [0.1, 0.15) is 28.2 Å². The van der Waals surface area contributed by atoms with Gasteiger partial charge in [-0.2, -0.15) is 5.10 Å². The average Bonchev–Trinajstić information content (AvgIpc) is 3.24. The summed E-state index contributed by atoms with van der Waals surface area (Å²) in [5.41, 5.74) is 0.918. The van der Waals surface area contributed by atoms with Crippen LogP contribution in [0.3, 0.4) is 0 Å². The van der Waals surface area contributed by atoms with Gasteiger partial charge in [0.15, 0.2) is 0 Å². The molecule has 1 fully saturated rings. The molecule has 1 N–H and O–H groups in total. The number of hydrogen-bond acceptors (Lipinski definition) is 5. The standard InChI is InChI=1S/C19H22N4O3S2/c1-13-16-12-17(27-19(16)22(2)20-13)18(24)23-10-8-14(9-11-23)21-28(25,26)15-6-4-3-5-7-15/h3-7,12,14,21H,8-11H2,1-2H3. The lowest BCUT2D eigenvalue weighted by Crippen LogP contribution is -2.46. The van der Waals surface area contributed by atoms with Gasteiger partial charge in [0.05, 0.1) is 15.5 Å². The fraction of sp³-hybridized carbons (Fsp3) is 0.368. The van der Waals surface area contributed by atoms with Crippen LogP contribution in [0.5, 0.6) is 0 Å². The number of nitrogens with one attached hydrogen (secondary N) is 1. The molecule has 28 heavy (non-hydrogen) atoms. The molecule has 2 aromatic heterocycles. The van der Waals surface area contributed by atoms with E-state index in [2.05, 4.69) is 9.82 Å². The van der Waals surface area contributed by atoms with Crippen molar-refractivity contribution in [3.05, 3.63) is 47.0 Å². The Hall–Kier alpha value is -2.23. The van der Waals surface area contributed by atoms with Gasteiger partial charge in [-0.25, -0.2) is 13.1 Å². The highest BCUT2D eigenvalue weighted by atomic mass is 32.2. The van der Waals surface area contributed by atoms with E-state index in [9.17, 15) is 13.2 Å². The molecule has 7 nitrogen and oxygen atoms in total. The number of aryl methyl sites for hydroxylation is 2. The first kappa shape index (κ1) is 19.1. The first-order valence-electron chi connectivity index (χ1n) is 9.15. The van der Waals surface area contributed by atoms with Crippen molar-refractivity contribution in [3.8, 4) is 0 Å². The first-order valence-corrected chi connectivity index (χ1v) is 11.4. The van der Waals surface area contributed by atoms with E-state index in [0.29, 0.717) is 30.8 Å². The molecule has 0 spiro atoms. The molecule has 1 amide bonds. The minimum atomic E-state index is -3.53. The summed E-state index contributed by atoms with van der Waals surface area (Å²) >= 11 is 1.45. The second-order valence-corrected chi connectivity index (χ2v) is 9.78. The quantitative estimate of drug-likeness (QED) is 0.706. The highest BCUT2D eigenvalue weighted by Crippen LogP contribution is 2.29. The number of carbonyl (C=O) groups excluding carboxylic acids is 1. The second-order valence-electron chi connectivity index (χ2n) is 7.04. The SMILES string of the molecule is Cc1nn(C)c2sc(C(=O)N3CCC(NS(=O)(=O)c4ccccc4)CC3)cc12. The molecule has 9 heteroatoms. The maximum Gasteiger partial charge on any atom is 0.264 e. The highest BCUT2D eigenvalue weighted by Gasteiger charge is 2.28. The smallest absolute Gasteiger partial charge is 0.264 e. The van der Waals surface area contributed by atoms with Crippen molar-refractivity contribution in [1.82, 2.24) is 19.4 Å². The van der Waals surface area contributed by atoms with Crippen LogP contribution in [-0.2, 0) is 17.1 Å². The van der Waals surface area contributed by atoms with Gasteiger partial charge in [-0.1, -0.05) is 18.2 Å². The van der Waals surface area contributed by atoms with Crippen LogP contribution in [-0.4, -0.2) is 48.1 Å². The predicted molar refractivity (Wildman–Crippen MR) is 109 cm³/mol. The predicted octanol–water partition coefficient (Wildman–Crippen LogP) is 2.53. The first-order chi connectivity index (χ1) is 13.3. The summed E-state index contributed by atoms with van der Waals surface area (Å²) in [5.74, 6) is 0.00460. The summed E-state index contributed by atoms with van der Waals surface area (Å²) in [6.07, 6.45) is 1.20. The molecule has 0 unspecified atom stereocenters. The van der Waals surface area contributed by atoms with Gasteiger partial charge in [-0.05, 0) is 38.0 Å². The Kier molecular flexibility index (Phi) is 4.98. The largest absolute Gasteiger partial charge is 0.338 e. The summed E-state index contributed by atoms with van der Waals surface area (Å²) in [5, 5.41) is 5.38. The van der Waals surface area contributed by atoms with Crippen molar-refractivity contribution in [2.24, 2.45) is 7.05 Å². The van der Waals surface area contributed by atoms with Crippen molar-refractivity contribution >= 4 is 37.5 Å². The molecule has 0 atom stereocenters. The summed E-state index contributed by atoms with van der Waals surface area (Å²) in [4.78, 5) is 16.6. The topological polar surface area (TPSA) is 84.3 Å². The number of thiophene rings is 1. The van der Waals surface area contributed by atoms with Gasteiger partial charge in [0, 0.05) is 31.6 Å². The van der Waals surface area contributed by atoms with Crippen LogP contribution < -0.4 is 4.72 Å². The Morgan fingerprint density at radius 3 is 2.54 bits per heavy atom. The van der Waals surface area contributed by atoms with Crippen molar-refractivity contribution in [2.45, 2.75) is 30.7 Å². The molecule has 1 aliphatic heterocycles. The van der Waals surface area contributed by atoms with E-state index in [1.54, 1.807) is 39.9 Å². The number of likely N-dealkylation sites (tertiary alicyclic amines) is 1. The zero-order valence-corrected chi connectivity index (χ0v) is 17.4. The lowest BCUT2D eigenvalue weighted by atomic mass is 10.1. The average molecular weight is 419 g/mol. The zero-order chi connectivity index (χ0) is 19.9. The van der Waals surface area contributed by atoms with Gasteiger partial charge in [-0.3, -0.25) is 9.48 Å². The van der Waals surface area contributed by atoms with Crippen molar-refractivity contribution in [3.63, 3.8) is 0 Å². The summed E-state index contributed by atoms with van der Waals surface area (Å²) in [6.45, 7) is 3.01. The highest BCUT2D eigenvalue weighted by molar-refractivity contribution is 7.89. The van der Waals surface area contributed by atoms with Crippen LogP contribution in [0.15, 0.2) is 41.3 Å². The van der Waals surface area contributed by atoms with Crippen LogP contribution in [0.2, 0.25) is 0 Å². The van der Waals surface area contributed by atoms with Gasteiger partial charge < -0.3 is 4.90 Å². The molecule has 4 rings (SSSR count). The van der Waals surface area contributed by atoms with Gasteiger partial charge >= 0.3 is 0 Å². The number of carbonyl (C=O) groups is 1. The lowest BCUT2D eigenvalue weighted by molar-refractivity contribution is 0.0716. The molecular weight excluding hydrogens is 396 g/mol. The number of hydrogen-bond donors (Lipinski definition) is 1. The third-order valence-corrected chi connectivity index (χ3v) is 7.79. The number of fused-ring (bicyclic) bond motifs is 1. The molecule has 148 valence electrons. The lowest BCUT2D eigenvalue weighted by Gasteiger charge is -2.32. The Morgan fingerprint density at radius 2 is 1.89 bits per heavy atom. The van der Waals surface area contributed by atoms with Gasteiger partial charge in [0.2, 0.25) is 10.0 Å². The van der Waals surface area contributed by atoms with Crippen LogP contribution >= 0.6 is 11.3 Å². The number of nitrogens with zero attached hydrogens (tertiary/aromatic N) is 3. The van der Waals surface area contributed by atoms with E-state index < -0.39 is 10.0 Å². The Morgan fingerprint density at radius 1 is 1.21 bits per heavy atom. The minimum absolute atomic E-state index is 0.00460. The molecule has 0 bridgehead atoms. The molecule has 3 aromatic rings. The van der Waals surface area contributed by atoms with Crippen LogP contribution in [0.4, 0.5) is 0 Å². The van der Waals surface area contributed by atoms with Crippen LogP contribution in [0, 0.1) is 6.92 Å². The van der Waals surface area contributed by atoms with E-state index >= 15 is 0 Å². The minimum Gasteiger partial charge on any atom is -0.338 e. The van der Waals surface area contributed by atoms with Gasteiger partial charge in [0.1, 0.15) is 4.83 Å². The Labute approximate surface area is 168 Å². The number of piperidine rings is 1. The molecule has 3 heterocycles. The fourth-order valence-electron chi connectivity index (χ4n) is 3.55. The third kappa shape index (κ3) is 3.57. The molecule has 1 aliphatic rings. The van der Waals surface area contributed by atoms with E-state index in [4.69, 9.17) is 0 Å². The Balaban J connectivity index is 1.41. The van der Waals surface area contributed by atoms with Crippen LogP contribution in [0.25, 0.3) is 10.2 Å². The molecule has 0 radical (unpaired) electrons. The number of benzene rings is 1. The molecule has 1 aromatic carbocycles. The third-order valence-electron chi connectivity index (χ3n) is 5.06. The molecule has 1 saturated heterocycles. The fourth-order valence-corrected chi connectivity index (χ4v) is 5.97. The van der Waals surface area contributed by atoms with E-state index in [1.165, 1.54) is 11.3 Å². The van der Waals surface area contributed by atoms with Crippen molar-refractivity contribution in [2.75, 3.05) is 13.1 Å². The monoisotopic (exact) mass is 418 g/mol. The molecule has 0 aliphatic carbocycles. The van der Waals surface area contributed by atoms with Gasteiger partial charge in [0.25, 0.3) is 5.91 Å². The summed E-state index contributed by atoms with van der Waals surface area (Å²) in [7, 11) is -1.65. The Bertz CT molecular complexity index is 1080. The zero-order valence-electron chi connectivity index (χ0n) is 15.8. The molecular formula is C19H22N4O3S2. The maximum atomic E-state index is 12.9. The van der Waals surface area contributed by atoms with E-state index in [1.807, 2.05) is 20.0 Å². The molecule has 0 saturated carbocycles. The number of aromatic nitrogens is 2. The van der Waals surface area contributed by atoms with Gasteiger partial charge in [-0.15, -0.1) is 11.3 Å². The number of sulfonamides is 1. The maximum absolute atomic E-state index is 12.9. The van der Waals surface area contributed by atoms with E-state index in [0.717, 1.165) is 15.9 Å². The summed E-state index contributed by atoms with van der Waals surface area (Å²) < 4.78 is 29.5. The number of rotatable bonds is 4. The normalized spacial score (nSPS) is 16.0.